The maximum Gasteiger partial charge on any atom is 0.309 e. The fourth-order valence-corrected chi connectivity index (χ4v) is 0.828. The molecular weight excluding hydrogens is 140 g/mol. The molecule has 0 saturated carbocycles. The number of hydrogen-bond acceptors (Lipinski definition) is 1. The van der Waals surface area contributed by atoms with Crippen LogP contribution in [0.3, 0.4) is 0 Å². The molecule has 0 heterocycles. The Bertz CT molecular complexity index is 172. The van der Waals surface area contributed by atoms with Crippen LogP contribution in [0.4, 0.5) is 0 Å². The van der Waals surface area contributed by atoms with E-state index >= 15 is 0 Å². The molecule has 0 bridgehead atoms. The van der Waals surface area contributed by atoms with Crippen molar-refractivity contribution in [2.24, 2.45) is 11.3 Å². The summed E-state index contributed by atoms with van der Waals surface area (Å²) in [5.74, 6) is -1.01. The first kappa shape index (κ1) is 9.95. The summed E-state index contributed by atoms with van der Waals surface area (Å²) in [5.41, 5.74) is -0.802. The highest BCUT2D eigenvalue weighted by Crippen LogP contribution is 2.28. The van der Waals surface area contributed by atoms with E-state index in [2.05, 4.69) is 13.2 Å². The van der Waals surface area contributed by atoms with Crippen molar-refractivity contribution in [2.75, 3.05) is 0 Å². The lowest BCUT2D eigenvalue weighted by atomic mass is 9.79. The molecule has 0 aromatic heterocycles. The predicted octanol–water partition coefficient (Wildman–Crippen LogP) is 2.09. The van der Waals surface area contributed by atoms with Crippen molar-refractivity contribution in [3.05, 3.63) is 25.3 Å². The highest BCUT2D eigenvalue weighted by Gasteiger charge is 2.32. The van der Waals surface area contributed by atoms with Crippen molar-refractivity contribution in [2.45, 2.75) is 13.8 Å². The molecule has 0 rings (SSSR count). The van der Waals surface area contributed by atoms with Gasteiger partial charge in [0.15, 0.2) is 0 Å². The van der Waals surface area contributed by atoms with E-state index in [-0.39, 0.29) is 5.92 Å². The first-order valence-corrected chi connectivity index (χ1v) is 3.45. The minimum Gasteiger partial charge on any atom is -0.481 e. The zero-order valence-corrected chi connectivity index (χ0v) is 7.00. The lowest BCUT2D eigenvalue weighted by Gasteiger charge is -2.24. The molecule has 0 aliphatic heterocycles. The number of hydrogen-bond donors (Lipinski definition) is 1. The summed E-state index contributed by atoms with van der Waals surface area (Å²) in [4.78, 5) is 10.7. The Morgan fingerprint density at radius 2 is 1.82 bits per heavy atom. The van der Waals surface area contributed by atoms with Gasteiger partial charge in [-0.25, -0.2) is 0 Å². The van der Waals surface area contributed by atoms with Crippen LogP contribution in [0.5, 0.6) is 0 Å². The molecule has 1 N–H and O–H groups in total. The van der Waals surface area contributed by atoms with Crippen molar-refractivity contribution in [1.29, 1.82) is 0 Å². The minimum atomic E-state index is -0.831. The number of aliphatic carboxylic acids is 1. The van der Waals surface area contributed by atoms with Gasteiger partial charge in [0.05, 0.1) is 5.41 Å². The maximum atomic E-state index is 10.7. The van der Waals surface area contributed by atoms with Gasteiger partial charge < -0.3 is 5.11 Å². The smallest absolute Gasteiger partial charge is 0.309 e. The zero-order valence-electron chi connectivity index (χ0n) is 7.00. The minimum absolute atomic E-state index is 0.181. The topological polar surface area (TPSA) is 37.3 Å². The van der Waals surface area contributed by atoms with E-state index in [0.717, 1.165) is 0 Å². The Balaban J connectivity index is 4.62. The van der Waals surface area contributed by atoms with Gasteiger partial charge >= 0.3 is 5.97 Å². The van der Waals surface area contributed by atoms with Gasteiger partial charge in [0, 0.05) is 5.92 Å². The Kier molecular flexibility index (Phi) is 3.05. The molecular formula is C9H14O2. The zero-order chi connectivity index (χ0) is 9.07. The summed E-state index contributed by atoms with van der Waals surface area (Å²) >= 11 is 0. The van der Waals surface area contributed by atoms with Crippen LogP contribution in [0.1, 0.15) is 13.8 Å². The average Bonchev–Trinajstić information content (AvgIpc) is 1.89. The molecule has 0 aromatic rings. The third-order valence-electron chi connectivity index (χ3n) is 1.89. The summed E-state index contributed by atoms with van der Waals surface area (Å²) in [5, 5.41) is 8.78. The summed E-state index contributed by atoms with van der Waals surface area (Å²) < 4.78 is 0. The van der Waals surface area contributed by atoms with Crippen LogP contribution in [0.2, 0.25) is 0 Å². The van der Waals surface area contributed by atoms with Gasteiger partial charge in [-0.15, -0.1) is 13.2 Å². The van der Waals surface area contributed by atoms with Crippen LogP contribution < -0.4 is 0 Å². The summed E-state index contributed by atoms with van der Waals surface area (Å²) in [7, 11) is 0. The monoisotopic (exact) mass is 154 g/mol. The van der Waals surface area contributed by atoms with E-state index in [9.17, 15) is 4.79 Å². The van der Waals surface area contributed by atoms with Crippen LogP contribution in [0.25, 0.3) is 0 Å². The van der Waals surface area contributed by atoms with Crippen LogP contribution in [-0.2, 0) is 4.79 Å². The van der Waals surface area contributed by atoms with Gasteiger partial charge in [0.2, 0.25) is 0 Å². The van der Waals surface area contributed by atoms with Crippen LogP contribution >= 0.6 is 0 Å². The standard InChI is InChI=1S/C9H14O2/c1-5-7(6-2)9(3,4)8(10)11/h5-7H,1-2H2,3-4H3,(H,10,11). The Hall–Kier alpha value is -1.05. The van der Waals surface area contributed by atoms with E-state index in [0.29, 0.717) is 0 Å². The quantitative estimate of drug-likeness (QED) is 0.629. The first-order valence-electron chi connectivity index (χ1n) is 3.45. The molecule has 0 saturated heterocycles. The third kappa shape index (κ3) is 1.93. The number of allylic oxidation sites excluding steroid dienone is 2. The third-order valence-corrected chi connectivity index (χ3v) is 1.89. The van der Waals surface area contributed by atoms with Crippen LogP contribution in [0, 0.1) is 11.3 Å². The molecule has 2 nitrogen and oxygen atoms in total. The van der Waals surface area contributed by atoms with Crippen molar-refractivity contribution in [3.8, 4) is 0 Å². The Labute approximate surface area is 67.2 Å². The molecule has 0 amide bonds. The molecule has 11 heavy (non-hydrogen) atoms. The van der Waals surface area contributed by atoms with Crippen molar-refractivity contribution in [1.82, 2.24) is 0 Å². The number of carboxylic acid groups (broad SMARTS) is 1. The van der Waals surface area contributed by atoms with Gasteiger partial charge in [-0.2, -0.15) is 0 Å². The normalized spacial score (nSPS) is 11.2. The highest BCUT2D eigenvalue weighted by molar-refractivity contribution is 5.74. The number of rotatable bonds is 4. The largest absolute Gasteiger partial charge is 0.481 e. The molecule has 0 radical (unpaired) electrons. The summed E-state index contributed by atoms with van der Waals surface area (Å²) in [6.45, 7) is 10.4. The summed E-state index contributed by atoms with van der Waals surface area (Å²) in [6.07, 6.45) is 3.20. The highest BCUT2D eigenvalue weighted by atomic mass is 16.4. The molecule has 0 atom stereocenters. The molecule has 2 heteroatoms. The molecule has 0 aliphatic rings. The average molecular weight is 154 g/mol. The predicted molar refractivity (Wildman–Crippen MR) is 45.3 cm³/mol. The summed E-state index contributed by atoms with van der Waals surface area (Å²) in [6, 6.07) is 0. The van der Waals surface area contributed by atoms with E-state index < -0.39 is 11.4 Å². The lowest BCUT2D eigenvalue weighted by Crippen LogP contribution is -2.30. The molecule has 0 aromatic carbocycles. The van der Waals surface area contributed by atoms with Crippen LogP contribution in [-0.4, -0.2) is 11.1 Å². The van der Waals surface area contributed by atoms with E-state index in [1.54, 1.807) is 26.0 Å². The second-order valence-corrected chi connectivity index (χ2v) is 3.02. The second-order valence-electron chi connectivity index (χ2n) is 3.02. The van der Waals surface area contributed by atoms with Crippen molar-refractivity contribution >= 4 is 5.97 Å². The molecule has 0 spiro atoms. The number of carboxylic acids is 1. The van der Waals surface area contributed by atoms with Gasteiger partial charge in [-0.05, 0) is 13.8 Å². The second kappa shape index (κ2) is 3.37. The van der Waals surface area contributed by atoms with Gasteiger partial charge in [0.25, 0.3) is 0 Å². The lowest BCUT2D eigenvalue weighted by molar-refractivity contribution is -0.148. The molecule has 0 fully saturated rings. The van der Waals surface area contributed by atoms with E-state index in [4.69, 9.17) is 5.11 Å². The number of carbonyl (C=O) groups is 1. The first-order chi connectivity index (χ1) is 4.96. The van der Waals surface area contributed by atoms with Gasteiger partial charge in [0.1, 0.15) is 0 Å². The SMILES string of the molecule is C=CC(C=C)C(C)(C)C(=O)O. The Morgan fingerprint density at radius 3 is 1.91 bits per heavy atom. The molecule has 62 valence electrons. The van der Waals surface area contributed by atoms with Gasteiger partial charge in [-0.1, -0.05) is 12.2 Å². The fraction of sp³-hybridized carbons (Fsp3) is 0.444. The van der Waals surface area contributed by atoms with Crippen molar-refractivity contribution < 1.29 is 9.90 Å². The molecule has 0 unspecified atom stereocenters. The fourth-order valence-electron chi connectivity index (χ4n) is 0.828. The Morgan fingerprint density at radius 1 is 1.45 bits per heavy atom. The molecule has 0 aliphatic carbocycles. The van der Waals surface area contributed by atoms with Crippen LogP contribution in [0.15, 0.2) is 25.3 Å². The maximum absolute atomic E-state index is 10.7. The van der Waals surface area contributed by atoms with E-state index in [1.165, 1.54) is 0 Å². The van der Waals surface area contributed by atoms with Crippen molar-refractivity contribution in [3.63, 3.8) is 0 Å². The van der Waals surface area contributed by atoms with Gasteiger partial charge in [-0.3, -0.25) is 4.79 Å². The van der Waals surface area contributed by atoms with E-state index in [1.807, 2.05) is 0 Å².